The minimum atomic E-state index is -1.38. The first-order valence-corrected chi connectivity index (χ1v) is 14.4. The van der Waals surface area contributed by atoms with E-state index in [9.17, 15) is 29.7 Å². The highest BCUT2D eigenvalue weighted by Crippen LogP contribution is 2.32. The summed E-state index contributed by atoms with van der Waals surface area (Å²) in [7, 11) is 0. The Balaban J connectivity index is 4.94. The van der Waals surface area contributed by atoms with Gasteiger partial charge in [0.15, 0.2) is 12.1 Å². The molecular weight excluding hydrogens is 458 g/mol. The third-order valence-corrected chi connectivity index (χ3v) is 7.55. The van der Waals surface area contributed by atoms with E-state index in [1.165, 1.54) is 57.8 Å². The number of hydrogen-bond donors (Lipinski definition) is 2. The molecule has 2 N–H and O–H groups in total. The number of allylic oxidation sites excluding steroid dienone is 2. The van der Waals surface area contributed by atoms with Crippen molar-refractivity contribution >= 4 is 17.9 Å². The van der Waals surface area contributed by atoms with Gasteiger partial charge >= 0.3 is 11.9 Å². The van der Waals surface area contributed by atoms with E-state index in [4.69, 9.17) is 0 Å². The number of carbonyl (C=O) groups is 3. The summed E-state index contributed by atoms with van der Waals surface area (Å²) in [4.78, 5) is 36.5. The SMILES string of the molecule is CCCCCCCCCCC/C=C/CCCC[N+](C(CC)C(=O)[O-])(C(CC)C(=O)O)C(CC)C(=O)O. The molecule has 0 aliphatic rings. The van der Waals surface area contributed by atoms with E-state index in [-0.39, 0.29) is 25.8 Å². The number of hydrogen-bond acceptors (Lipinski definition) is 4. The standard InChI is InChI=1S/C29H53NO6/c1-5-9-10-11-12-13-14-15-16-17-18-19-20-21-22-23-30(24(6-2)27(31)32,25(7-3)28(33)34)26(8-4)29(35)36/h18-19,24-26H,5-17,20-23H2,1-4H3,(H2-,31,32,33,34,35,36)/b19-18+. The monoisotopic (exact) mass is 511 g/mol. The van der Waals surface area contributed by atoms with Gasteiger partial charge in [-0.2, -0.15) is 0 Å². The Morgan fingerprint density at radius 2 is 1.03 bits per heavy atom. The molecule has 0 radical (unpaired) electrons. The van der Waals surface area contributed by atoms with Crippen LogP contribution in [0.4, 0.5) is 0 Å². The second-order valence-electron chi connectivity index (χ2n) is 10.1. The van der Waals surface area contributed by atoms with E-state index < -0.39 is 40.5 Å². The molecule has 0 spiro atoms. The summed E-state index contributed by atoms with van der Waals surface area (Å²) in [5, 5.41) is 32.0. The van der Waals surface area contributed by atoms with Crippen molar-refractivity contribution < 1.29 is 34.2 Å². The minimum Gasteiger partial charge on any atom is -0.544 e. The van der Waals surface area contributed by atoms with Crippen LogP contribution in [0, 0.1) is 0 Å². The fraction of sp³-hybridized carbons (Fsp3) is 0.828. The Labute approximate surface area is 219 Å². The van der Waals surface area contributed by atoms with Crippen LogP contribution in [0.2, 0.25) is 0 Å². The predicted molar refractivity (Wildman–Crippen MR) is 142 cm³/mol. The molecule has 0 saturated heterocycles. The largest absolute Gasteiger partial charge is 0.544 e. The smallest absolute Gasteiger partial charge is 0.362 e. The Kier molecular flexibility index (Phi) is 19.1. The number of unbranched alkanes of at least 4 members (excludes halogenated alkanes) is 11. The topological polar surface area (TPSA) is 115 Å². The predicted octanol–water partition coefficient (Wildman–Crippen LogP) is 5.71. The Morgan fingerprint density at radius 3 is 1.39 bits per heavy atom. The molecule has 7 heteroatoms. The highest BCUT2D eigenvalue weighted by molar-refractivity contribution is 5.77. The van der Waals surface area contributed by atoms with Crippen molar-refractivity contribution in [1.29, 1.82) is 0 Å². The van der Waals surface area contributed by atoms with E-state index in [0.717, 1.165) is 19.3 Å². The third-order valence-electron chi connectivity index (χ3n) is 7.55. The van der Waals surface area contributed by atoms with E-state index in [1.54, 1.807) is 20.8 Å². The van der Waals surface area contributed by atoms with Gasteiger partial charge in [-0.15, -0.1) is 0 Å². The van der Waals surface area contributed by atoms with Gasteiger partial charge in [0.25, 0.3) is 0 Å². The second kappa shape index (κ2) is 20.2. The first-order chi connectivity index (χ1) is 17.2. The summed E-state index contributed by atoms with van der Waals surface area (Å²) >= 11 is 0. The maximum atomic E-state index is 12.2. The number of nitrogens with zero attached hydrogens (tertiary/aromatic N) is 1. The van der Waals surface area contributed by atoms with Crippen LogP contribution in [0.25, 0.3) is 0 Å². The molecule has 0 rings (SSSR count). The summed E-state index contributed by atoms with van der Waals surface area (Å²) in [6, 6.07) is -3.42. The lowest BCUT2D eigenvalue weighted by Crippen LogP contribution is -2.73. The Bertz CT molecular complexity index is 593. The average molecular weight is 512 g/mol. The molecule has 0 saturated carbocycles. The van der Waals surface area contributed by atoms with E-state index in [0.29, 0.717) is 6.42 Å². The lowest BCUT2D eigenvalue weighted by molar-refractivity contribution is -0.974. The quantitative estimate of drug-likeness (QED) is 0.0975. The van der Waals surface area contributed by atoms with Gasteiger partial charge in [-0.05, 0) is 32.1 Å². The van der Waals surface area contributed by atoms with Crippen LogP contribution in [0.3, 0.4) is 0 Å². The van der Waals surface area contributed by atoms with E-state index in [1.807, 2.05) is 0 Å². The fourth-order valence-electron chi connectivity index (χ4n) is 5.72. The molecule has 7 nitrogen and oxygen atoms in total. The van der Waals surface area contributed by atoms with Crippen molar-refractivity contribution in [3.63, 3.8) is 0 Å². The zero-order valence-corrected chi connectivity index (χ0v) is 23.4. The van der Waals surface area contributed by atoms with Crippen molar-refractivity contribution in [2.45, 2.75) is 149 Å². The molecule has 0 aromatic carbocycles. The minimum absolute atomic E-state index is 0.120. The van der Waals surface area contributed by atoms with E-state index >= 15 is 0 Å². The number of quaternary nitrogens is 1. The molecule has 0 aliphatic carbocycles. The van der Waals surface area contributed by atoms with Crippen molar-refractivity contribution in [3.05, 3.63) is 12.2 Å². The molecular formula is C29H53NO6. The molecule has 0 heterocycles. The van der Waals surface area contributed by atoms with Gasteiger partial charge in [-0.25, -0.2) is 9.59 Å². The molecule has 0 bridgehead atoms. The van der Waals surface area contributed by atoms with Crippen molar-refractivity contribution in [2.24, 2.45) is 0 Å². The van der Waals surface area contributed by atoms with Crippen molar-refractivity contribution in [1.82, 2.24) is 0 Å². The van der Waals surface area contributed by atoms with Crippen LogP contribution in [0.15, 0.2) is 12.2 Å². The van der Waals surface area contributed by atoms with Gasteiger partial charge < -0.3 is 20.1 Å². The summed E-state index contributed by atoms with van der Waals surface area (Å²) in [6.07, 6.45) is 19.7. The molecule has 0 amide bonds. The summed E-state index contributed by atoms with van der Waals surface area (Å²) in [6.45, 7) is 7.44. The molecule has 3 unspecified atom stereocenters. The first-order valence-electron chi connectivity index (χ1n) is 14.4. The number of rotatable bonds is 24. The fourth-order valence-corrected chi connectivity index (χ4v) is 5.72. The van der Waals surface area contributed by atoms with Crippen LogP contribution in [-0.4, -0.2) is 57.3 Å². The molecule has 0 aromatic heterocycles. The van der Waals surface area contributed by atoms with Crippen molar-refractivity contribution in [3.8, 4) is 0 Å². The highest BCUT2D eigenvalue weighted by atomic mass is 16.4. The normalized spacial score (nSPS) is 15.9. The van der Waals surface area contributed by atoms with Crippen LogP contribution < -0.4 is 5.11 Å². The number of carboxylic acid groups (broad SMARTS) is 3. The summed E-state index contributed by atoms with van der Waals surface area (Å²) in [5.74, 6) is -3.69. The number of carbonyl (C=O) groups excluding carboxylic acids is 1. The lowest BCUT2D eigenvalue weighted by atomic mass is 9.94. The second-order valence-corrected chi connectivity index (χ2v) is 10.1. The number of aliphatic carboxylic acids is 3. The van der Waals surface area contributed by atoms with E-state index in [2.05, 4.69) is 19.1 Å². The van der Waals surface area contributed by atoms with Gasteiger partial charge in [0.1, 0.15) is 6.04 Å². The van der Waals surface area contributed by atoms with Crippen molar-refractivity contribution in [2.75, 3.05) is 6.54 Å². The zero-order chi connectivity index (χ0) is 27.4. The maximum Gasteiger partial charge on any atom is 0.362 e. The summed E-state index contributed by atoms with van der Waals surface area (Å²) < 4.78 is -0.487. The average Bonchev–Trinajstić information content (AvgIpc) is 2.82. The molecule has 210 valence electrons. The van der Waals surface area contributed by atoms with Gasteiger partial charge in [-0.1, -0.05) is 91.2 Å². The Morgan fingerprint density at radius 1 is 0.639 bits per heavy atom. The number of carboxylic acids is 3. The molecule has 0 aromatic rings. The summed E-state index contributed by atoms with van der Waals surface area (Å²) in [5.41, 5.74) is 0. The zero-order valence-electron chi connectivity index (χ0n) is 23.4. The maximum absolute atomic E-state index is 12.2. The molecule has 0 fully saturated rings. The molecule has 36 heavy (non-hydrogen) atoms. The van der Waals surface area contributed by atoms with Gasteiger partial charge in [0.2, 0.25) is 0 Å². The van der Waals surface area contributed by atoms with Gasteiger partial charge in [0, 0.05) is 19.3 Å². The molecule has 3 atom stereocenters. The van der Waals surface area contributed by atoms with Crippen LogP contribution in [-0.2, 0) is 14.4 Å². The van der Waals surface area contributed by atoms with Crippen LogP contribution in [0.1, 0.15) is 130 Å². The Hall–Kier alpha value is -1.89. The third kappa shape index (κ3) is 11.4. The highest BCUT2D eigenvalue weighted by Gasteiger charge is 2.53. The van der Waals surface area contributed by atoms with Gasteiger partial charge in [0.05, 0.1) is 12.5 Å². The van der Waals surface area contributed by atoms with Crippen LogP contribution >= 0.6 is 0 Å². The first kappa shape index (κ1) is 34.1. The van der Waals surface area contributed by atoms with Crippen LogP contribution in [0.5, 0.6) is 0 Å². The molecule has 0 aliphatic heterocycles. The van der Waals surface area contributed by atoms with Gasteiger partial charge in [-0.3, -0.25) is 4.48 Å². The lowest BCUT2D eigenvalue weighted by Gasteiger charge is -2.51.